The summed E-state index contributed by atoms with van der Waals surface area (Å²) in [7, 11) is 0. The summed E-state index contributed by atoms with van der Waals surface area (Å²) < 4.78 is 0. The van der Waals surface area contributed by atoms with Gasteiger partial charge in [-0.05, 0) is 36.6 Å². The Kier molecular flexibility index (Phi) is 4.41. The molecule has 1 aromatic carbocycles. The summed E-state index contributed by atoms with van der Waals surface area (Å²) in [6, 6.07) is 9.30. The molecule has 4 nitrogen and oxygen atoms in total. The van der Waals surface area contributed by atoms with Crippen molar-refractivity contribution in [3.05, 3.63) is 53.3 Å². The van der Waals surface area contributed by atoms with Crippen molar-refractivity contribution in [2.75, 3.05) is 13.1 Å². The van der Waals surface area contributed by atoms with Crippen molar-refractivity contribution in [2.24, 2.45) is 0 Å². The molecule has 22 heavy (non-hydrogen) atoms. The number of hydrogen-bond acceptors (Lipinski definition) is 3. The summed E-state index contributed by atoms with van der Waals surface area (Å²) in [5, 5.41) is 10.2. The lowest BCUT2D eigenvalue weighted by Gasteiger charge is -2.29. The molecule has 0 saturated carbocycles. The Hall–Kier alpha value is -1.91. The van der Waals surface area contributed by atoms with Crippen molar-refractivity contribution in [1.29, 1.82) is 0 Å². The van der Waals surface area contributed by atoms with Gasteiger partial charge >= 0.3 is 0 Å². The van der Waals surface area contributed by atoms with Gasteiger partial charge in [0.25, 0.3) is 5.91 Å². The summed E-state index contributed by atoms with van der Waals surface area (Å²) in [5.41, 5.74) is 2.43. The van der Waals surface area contributed by atoms with Crippen LogP contribution in [0.2, 0.25) is 5.02 Å². The maximum absolute atomic E-state index is 12.5. The first-order valence-corrected chi connectivity index (χ1v) is 7.69. The zero-order valence-electron chi connectivity index (χ0n) is 12.1. The lowest BCUT2D eigenvalue weighted by molar-refractivity contribution is 0.0546. The van der Waals surface area contributed by atoms with Crippen LogP contribution in [0.3, 0.4) is 0 Å². The molecule has 114 valence electrons. The first-order chi connectivity index (χ1) is 10.6. The van der Waals surface area contributed by atoms with Crippen molar-refractivity contribution < 1.29 is 9.90 Å². The number of carbonyl (C=O) groups excluding carboxylic acids is 1. The van der Waals surface area contributed by atoms with Gasteiger partial charge in [-0.1, -0.05) is 23.7 Å². The highest BCUT2D eigenvalue weighted by Crippen LogP contribution is 2.22. The Balaban J connectivity index is 1.81. The number of hydrogen-bond donors (Lipinski definition) is 1. The first-order valence-electron chi connectivity index (χ1n) is 7.32. The van der Waals surface area contributed by atoms with E-state index in [0.717, 1.165) is 11.1 Å². The molecule has 0 bridgehead atoms. The molecule has 0 radical (unpaired) electrons. The van der Waals surface area contributed by atoms with Crippen LogP contribution in [0.4, 0.5) is 0 Å². The highest BCUT2D eigenvalue weighted by atomic mass is 35.5. The standard InChI is InChI=1S/C17H17ClN2O2/c18-15-3-1-12(2-4-15)13-9-14(11-19-10-13)17(22)20-7-5-16(21)6-8-20/h1-4,9-11,16,21H,5-8H2. The van der Waals surface area contributed by atoms with Crippen LogP contribution in [0.1, 0.15) is 23.2 Å². The van der Waals surface area contributed by atoms with Gasteiger partial charge in [0, 0.05) is 36.1 Å². The highest BCUT2D eigenvalue weighted by Gasteiger charge is 2.22. The van der Waals surface area contributed by atoms with E-state index in [1.54, 1.807) is 17.3 Å². The number of nitrogens with zero attached hydrogens (tertiary/aromatic N) is 2. The van der Waals surface area contributed by atoms with E-state index in [0.29, 0.717) is 36.5 Å². The van der Waals surface area contributed by atoms with Crippen LogP contribution in [0, 0.1) is 0 Å². The van der Waals surface area contributed by atoms with Crippen LogP contribution < -0.4 is 0 Å². The van der Waals surface area contributed by atoms with Gasteiger partial charge in [0.15, 0.2) is 0 Å². The second kappa shape index (κ2) is 6.46. The second-order valence-electron chi connectivity index (χ2n) is 5.49. The van der Waals surface area contributed by atoms with Gasteiger partial charge in [0.05, 0.1) is 11.7 Å². The zero-order chi connectivity index (χ0) is 15.5. The number of carbonyl (C=O) groups is 1. The van der Waals surface area contributed by atoms with Crippen molar-refractivity contribution in [2.45, 2.75) is 18.9 Å². The quantitative estimate of drug-likeness (QED) is 0.926. The maximum Gasteiger partial charge on any atom is 0.255 e. The van der Waals surface area contributed by atoms with Crippen LogP contribution in [-0.2, 0) is 0 Å². The van der Waals surface area contributed by atoms with Gasteiger partial charge in [0.1, 0.15) is 0 Å². The monoisotopic (exact) mass is 316 g/mol. The third-order valence-electron chi connectivity index (χ3n) is 3.91. The van der Waals surface area contributed by atoms with E-state index in [1.165, 1.54) is 0 Å². The smallest absolute Gasteiger partial charge is 0.255 e. The summed E-state index contributed by atoms with van der Waals surface area (Å²) in [6.07, 6.45) is 4.31. The molecule has 1 amide bonds. The van der Waals surface area contributed by atoms with Gasteiger partial charge in [0.2, 0.25) is 0 Å². The minimum absolute atomic E-state index is 0.0322. The molecular formula is C17H17ClN2O2. The number of halogens is 1. The molecule has 1 aromatic heterocycles. The fourth-order valence-corrected chi connectivity index (χ4v) is 2.73. The normalized spacial score (nSPS) is 15.8. The first kappa shape index (κ1) is 15.0. The SMILES string of the molecule is O=C(c1cncc(-c2ccc(Cl)cc2)c1)N1CCC(O)CC1. The third kappa shape index (κ3) is 3.29. The lowest BCUT2D eigenvalue weighted by atomic mass is 10.0. The van der Waals surface area contributed by atoms with Crippen LogP contribution >= 0.6 is 11.6 Å². The van der Waals surface area contributed by atoms with E-state index in [1.807, 2.05) is 30.3 Å². The average Bonchev–Trinajstić information content (AvgIpc) is 2.56. The molecule has 1 saturated heterocycles. The number of rotatable bonds is 2. The Labute approximate surface area is 134 Å². The molecule has 1 aliphatic rings. The number of benzene rings is 1. The van der Waals surface area contributed by atoms with Gasteiger partial charge in [-0.15, -0.1) is 0 Å². The predicted octanol–water partition coefficient (Wildman–Crippen LogP) is 3.00. The summed E-state index contributed by atoms with van der Waals surface area (Å²) in [4.78, 5) is 18.5. The Morgan fingerprint density at radius 1 is 1.14 bits per heavy atom. The number of likely N-dealkylation sites (tertiary alicyclic amines) is 1. The Bertz CT molecular complexity index is 665. The van der Waals surface area contributed by atoms with Gasteiger partial charge in [-0.3, -0.25) is 9.78 Å². The Morgan fingerprint density at radius 2 is 1.82 bits per heavy atom. The molecule has 0 aliphatic carbocycles. The minimum atomic E-state index is -0.289. The van der Waals surface area contributed by atoms with Crippen molar-refractivity contribution in [3.8, 4) is 11.1 Å². The molecule has 5 heteroatoms. The summed E-state index contributed by atoms with van der Waals surface area (Å²) in [5.74, 6) is -0.0322. The fourth-order valence-electron chi connectivity index (χ4n) is 2.61. The molecule has 0 spiro atoms. The molecule has 0 unspecified atom stereocenters. The number of aromatic nitrogens is 1. The topological polar surface area (TPSA) is 53.4 Å². The largest absolute Gasteiger partial charge is 0.393 e. The number of aliphatic hydroxyl groups excluding tert-OH is 1. The zero-order valence-corrected chi connectivity index (χ0v) is 12.8. The van der Waals surface area contributed by atoms with E-state index in [-0.39, 0.29) is 12.0 Å². The van der Waals surface area contributed by atoms with E-state index in [4.69, 9.17) is 11.6 Å². The summed E-state index contributed by atoms with van der Waals surface area (Å²) in [6.45, 7) is 1.18. The molecule has 2 aromatic rings. The highest BCUT2D eigenvalue weighted by molar-refractivity contribution is 6.30. The average molecular weight is 317 g/mol. The van der Waals surface area contributed by atoms with Crippen LogP contribution in [0.15, 0.2) is 42.7 Å². The third-order valence-corrected chi connectivity index (χ3v) is 4.17. The predicted molar refractivity (Wildman–Crippen MR) is 85.8 cm³/mol. The Morgan fingerprint density at radius 3 is 2.50 bits per heavy atom. The van der Waals surface area contributed by atoms with Crippen LogP contribution in [-0.4, -0.2) is 40.1 Å². The van der Waals surface area contributed by atoms with Crippen molar-refractivity contribution in [1.82, 2.24) is 9.88 Å². The lowest BCUT2D eigenvalue weighted by Crippen LogP contribution is -2.40. The molecule has 2 heterocycles. The van der Waals surface area contributed by atoms with Crippen LogP contribution in [0.5, 0.6) is 0 Å². The number of piperidine rings is 1. The number of amides is 1. The minimum Gasteiger partial charge on any atom is -0.393 e. The molecule has 1 aliphatic heterocycles. The molecular weight excluding hydrogens is 300 g/mol. The maximum atomic E-state index is 12.5. The fraction of sp³-hybridized carbons (Fsp3) is 0.294. The van der Waals surface area contributed by atoms with Crippen LogP contribution in [0.25, 0.3) is 11.1 Å². The van der Waals surface area contributed by atoms with Gasteiger partial charge in [-0.25, -0.2) is 0 Å². The molecule has 1 fully saturated rings. The molecule has 0 atom stereocenters. The van der Waals surface area contributed by atoms with Gasteiger partial charge < -0.3 is 10.0 Å². The second-order valence-corrected chi connectivity index (χ2v) is 5.93. The number of pyridine rings is 1. The van der Waals surface area contributed by atoms with Crippen molar-refractivity contribution in [3.63, 3.8) is 0 Å². The molecule has 1 N–H and O–H groups in total. The van der Waals surface area contributed by atoms with E-state index in [2.05, 4.69) is 4.98 Å². The summed E-state index contributed by atoms with van der Waals surface area (Å²) >= 11 is 5.90. The van der Waals surface area contributed by atoms with E-state index in [9.17, 15) is 9.90 Å². The van der Waals surface area contributed by atoms with Gasteiger partial charge in [-0.2, -0.15) is 0 Å². The number of aliphatic hydroxyl groups is 1. The van der Waals surface area contributed by atoms with E-state index < -0.39 is 0 Å². The van der Waals surface area contributed by atoms with E-state index >= 15 is 0 Å². The van der Waals surface area contributed by atoms with Crippen molar-refractivity contribution >= 4 is 17.5 Å². The molecule has 3 rings (SSSR count).